The lowest BCUT2D eigenvalue weighted by atomic mass is 9.98. The molecule has 1 atom stereocenters. The van der Waals surface area contributed by atoms with Crippen molar-refractivity contribution in [2.75, 3.05) is 6.54 Å². The van der Waals surface area contributed by atoms with Gasteiger partial charge >= 0.3 is 0 Å². The number of aromatic nitrogens is 3. The number of H-pyrrole nitrogens is 1. The second-order valence-electron chi connectivity index (χ2n) is 6.75. The molecule has 7 nitrogen and oxygen atoms in total. The summed E-state index contributed by atoms with van der Waals surface area (Å²) in [7, 11) is 0. The predicted octanol–water partition coefficient (Wildman–Crippen LogP) is 3.24. The molecule has 0 fully saturated rings. The van der Waals surface area contributed by atoms with E-state index in [1.54, 1.807) is 18.7 Å². The van der Waals surface area contributed by atoms with Gasteiger partial charge < -0.3 is 19.7 Å². The second-order valence-corrected chi connectivity index (χ2v) is 6.75. The van der Waals surface area contributed by atoms with Gasteiger partial charge in [-0.05, 0) is 50.5 Å². The average molecular weight is 365 g/mol. The maximum atomic E-state index is 13.1. The molecule has 140 valence electrons. The van der Waals surface area contributed by atoms with Crippen LogP contribution in [0.2, 0.25) is 0 Å². The van der Waals surface area contributed by atoms with E-state index in [-0.39, 0.29) is 11.9 Å². The monoisotopic (exact) mass is 365 g/mol. The topological polar surface area (TPSA) is 87.0 Å². The van der Waals surface area contributed by atoms with Gasteiger partial charge in [0.2, 0.25) is 0 Å². The number of hydrogen-bond acceptors (Lipinski definition) is 5. The van der Waals surface area contributed by atoms with Crippen LogP contribution in [-0.2, 0) is 6.54 Å². The van der Waals surface area contributed by atoms with E-state index in [2.05, 4.69) is 26.5 Å². The van der Waals surface area contributed by atoms with Crippen LogP contribution in [0.5, 0.6) is 0 Å². The summed E-state index contributed by atoms with van der Waals surface area (Å²) in [6.07, 6.45) is 10.3. The summed E-state index contributed by atoms with van der Waals surface area (Å²) in [6.45, 7) is 3.35. The van der Waals surface area contributed by atoms with Crippen molar-refractivity contribution in [2.45, 2.75) is 38.8 Å². The van der Waals surface area contributed by atoms with Gasteiger partial charge in [-0.1, -0.05) is 5.16 Å². The fourth-order valence-corrected chi connectivity index (χ4v) is 3.58. The summed E-state index contributed by atoms with van der Waals surface area (Å²) in [5.41, 5.74) is 4.45. The number of amides is 1. The molecule has 1 aliphatic rings. The molecule has 0 saturated heterocycles. The minimum Gasteiger partial charge on any atom is -0.384 e. The van der Waals surface area contributed by atoms with Crippen molar-refractivity contribution in [3.63, 3.8) is 0 Å². The first-order valence-electron chi connectivity index (χ1n) is 9.32. The first kappa shape index (κ1) is 17.3. The van der Waals surface area contributed by atoms with E-state index < -0.39 is 0 Å². The lowest BCUT2D eigenvalue weighted by Crippen LogP contribution is -2.41. The molecule has 0 saturated carbocycles. The van der Waals surface area contributed by atoms with Crippen molar-refractivity contribution in [1.82, 2.24) is 25.3 Å². The molecule has 0 unspecified atom stereocenters. The molecule has 3 aromatic heterocycles. The van der Waals surface area contributed by atoms with E-state index in [1.807, 2.05) is 30.0 Å². The molecular weight excluding hydrogens is 342 g/mol. The molecule has 1 aliphatic carbocycles. The van der Waals surface area contributed by atoms with Gasteiger partial charge in [0.05, 0.1) is 23.3 Å². The number of fused-ring (bicyclic) bond motifs is 1. The molecule has 0 aliphatic heterocycles. The van der Waals surface area contributed by atoms with E-state index in [0.29, 0.717) is 18.8 Å². The highest BCUT2D eigenvalue weighted by Crippen LogP contribution is 2.23. The third kappa shape index (κ3) is 3.72. The number of carbonyl (C=O) groups excluding carboxylic acids is 1. The van der Waals surface area contributed by atoms with Crippen molar-refractivity contribution in [2.24, 2.45) is 0 Å². The minimum absolute atomic E-state index is 0.0111. The van der Waals surface area contributed by atoms with E-state index in [4.69, 9.17) is 4.52 Å². The first-order chi connectivity index (χ1) is 13.2. The van der Waals surface area contributed by atoms with Crippen molar-refractivity contribution in [1.29, 1.82) is 0 Å². The third-order valence-corrected chi connectivity index (χ3v) is 4.96. The van der Waals surface area contributed by atoms with Gasteiger partial charge in [-0.15, -0.1) is 0 Å². The normalized spacial score (nSPS) is 16.9. The van der Waals surface area contributed by atoms with Gasteiger partial charge in [0.1, 0.15) is 12.0 Å². The summed E-state index contributed by atoms with van der Waals surface area (Å²) >= 11 is 0. The van der Waals surface area contributed by atoms with Gasteiger partial charge in [-0.25, -0.2) is 0 Å². The largest absolute Gasteiger partial charge is 0.384 e. The highest BCUT2D eigenvalue weighted by molar-refractivity contribution is 5.97. The van der Waals surface area contributed by atoms with E-state index in [1.165, 1.54) is 0 Å². The van der Waals surface area contributed by atoms with Crippen LogP contribution in [0, 0.1) is 0 Å². The first-order valence-corrected chi connectivity index (χ1v) is 9.32. The number of nitrogens with zero attached hydrogens (tertiary/aromatic N) is 3. The summed E-state index contributed by atoms with van der Waals surface area (Å²) in [5.74, 6) is 0.0111. The Hall–Kier alpha value is -3.09. The van der Waals surface area contributed by atoms with Gasteiger partial charge in [-0.3, -0.25) is 9.78 Å². The Bertz CT molecular complexity index is 911. The number of allylic oxidation sites excluding steroid dienone is 1. The Labute approximate surface area is 157 Å². The van der Waals surface area contributed by atoms with Crippen molar-refractivity contribution in [3.8, 4) is 0 Å². The Morgan fingerprint density at radius 3 is 3.19 bits per heavy atom. The molecule has 1 amide bonds. The number of hydrogen-bond donors (Lipinski definition) is 2. The van der Waals surface area contributed by atoms with Crippen LogP contribution in [-0.4, -0.2) is 38.5 Å². The van der Waals surface area contributed by atoms with E-state index in [0.717, 1.165) is 41.6 Å². The van der Waals surface area contributed by atoms with Crippen LogP contribution >= 0.6 is 0 Å². The number of pyridine rings is 1. The fraction of sp³-hybridized carbons (Fsp3) is 0.350. The standard InChI is InChI=1S/C20H23N5O2/c1-2-25(20(26)19-10-18-17(24-19)7-4-8-21-18)16-6-3-5-15(9-16)22-11-14-12-23-27-13-14/h4,7-10,12-13,16,22,24H,2-3,5-6,11H2,1H3/t16-/m0/s1. The van der Waals surface area contributed by atoms with Crippen LogP contribution in [0.1, 0.15) is 42.2 Å². The number of rotatable bonds is 6. The van der Waals surface area contributed by atoms with Crippen LogP contribution in [0.4, 0.5) is 0 Å². The maximum absolute atomic E-state index is 13.1. The predicted molar refractivity (Wildman–Crippen MR) is 102 cm³/mol. The zero-order valence-corrected chi connectivity index (χ0v) is 15.3. The van der Waals surface area contributed by atoms with Crippen LogP contribution in [0.3, 0.4) is 0 Å². The van der Waals surface area contributed by atoms with Gasteiger partial charge in [0.15, 0.2) is 0 Å². The third-order valence-electron chi connectivity index (χ3n) is 4.96. The lowest BCUT2D eigenvalue weighted by molar-refractivity contribution is 0.0706. The molecule has 0 radical (unpaired) electrons. The van der Waals surface area contributed by atoms with Gasteiger partial charge in [-0.2, -0.15) is 0 Å². The number of aromatic amines is 1. The molecule has 2 N–H and O–H groups in total. The van der Waals surface area contributed by atoms with E-state index >= 15 is 0 Å². The molecule has 4 rings (SSSR count). The highest BCUT2D eigenvalue weighted by Gasteiger charge is 2.25. The molecule has 3 heterocycles. The zero-order valence-electron chi connectivity index (χ0n) is 15.3. The molecule has 0 aromatic carbocycles. The smallest absolute Gasteiger partial charge is 0.270 e. The Kier molecular flexibility index (Phi) is 4.91. The molecule has 7 heteroatoms. The number of carbonyl (C=O) groups is 1. The molecule has 3 aromatic rings. The molecule has 0 bridgehead atoms. The zero-order chi connectivity index (χ0) is 18.6. The van der Waals surface area contributed by atoms with Crippen molar-refractivity contribution >= 4 is 16.9 Å². The second kappa shape index (κ2) is 7.65. The maximum Gasteiger partial charge on any atom is 0.270 e. The summed E-state index contributed by atoms with van der Waals surface area (Å²) < 4.78 is 4.87. The minimum atomic E-state index is 0.0111. The lowest BCUT2D eigenvalue weighted by Gasteiger charge is -2.32. The average Bonchev–Trinajstić information content (AvgIpc) is 3.37. The molecule has 27 heavy (non-hydrogen) atoms. The SMILES string of the molecule is CCN(C(=O)c1cc2ncccc2[nH]1)[C@@H]1C=C(NCc2cnoc2)CCC1. The number of likely N-dealkylation sites (N-methyl/N-ethyl adjacent to an activating group) is 1. The van der Waals surface area contributed by atoms with Crippen LogP contribution in [0.25, 0.3) is 11.0 Å². The molecule has 0 spiro atoms. The van der Waals surface area contributed by atoms with Crippen LogP contribution in [0.15, 0.2) is 53.2 Å². The van der Waals surface area contributed by atoms with Gasteiger partial charge in [0.25, 0.3) is 5.91 Å². The van der Waals surface area contributed by atoms with Gasteiger partial charge in [0, 0.05) is 30.5 Å². The Balaban J connectivity index is 1.50. The molecular formula is C20H23N5O2. The highest BCUT2D eigenvalue weighted by atomic mass is 16.5. The fourth-order valence-electron chi connectivity index (χ4n) is 3.58. The number of nitrogens with one attached hydrogen (secondary N) is 2. The van der Waals surface area contributed by atoms with Crippen LogP contribution < -0.4 is 5.32 Å². The van der Waals surface area contributed by atoms with Crippen molar-refractivity contribution in [3.05, 3.63) is 59.9 Å². The summed E-state index contributed by atoms with van der Waals surface area (Å²) in [5, 5.41) is 7.16. The quantitative estimate of drug-likeness (QED) is 0.700. The van der Waals surface area contributed by atoms with E-state index in [9.17, 15) is 4.79 Å². The summed E-state index contributed by atoms with van der Waals surface area (Å²) in [6, 6.07) is 5.71. The Morgan fingerprint density at radius 2 is 2.41 bits per heavy atom. The Morgan fingerprint density at radius 1 is 1.48 bits per heavy atom. The summed E-state index contributed by atoms with van der Waals surface area (Å²) in [4.78, 5) is 22.5. The van der Waals surface area contributed by atoms with Crippen molar-refractivity contribution < 1.29 is 9.32 Å².